The average Bonchev–Trinajstić information content (AvgIpc) is 3.63. The van der Waals surface area contributed by atoms with Gasteiger partial charge in [0.15, 0.2) is 11.7 Å². The number of rotatable bonds is 11. The van der Waals surface area contributed by atoms with Crippen LogP contribution in [-0.2, 0) is 25.8 Å². The summed E-state index contributed by atoms with van der Waals surface area (Å²) in [4.78, 5) is 44.1. The summed E-state index contributed by atoms with van der Waals surface area (Å²) in [7, 11) is -3.40. The third-order valence-electron chi connectivity index (χ3n) is 8.00. The van der Waals surface area contributed by atoms with Gasteiger partial charge in [0.25, 0.3) is 27.7 Å². The number of aryl methyl sites for hydroxylation is 1. The Kier molecular flexibility index (Phi) is 9.91. The van der Waals surface area contributed by atoms with Gasteiger partial charge in [-0.25, -0.2) is 22.7 Å². The van der Waals surface area contributed by atoms with Crippen molar-refractivity contribution in [1.82, 2.24) is 24.4 Å². The Morgan fingerprint density at radius 1 is 0.980 bits per heavy atom. The van der Waals surface area contributed by atoms with Crippen molar-refractivity contribution in [1.29, 1.82) is 0 Å². The van der Waals surface area contributed by atoms with Gasteiger partial charge in [-0.3, -0.25) is 14.4 Å². The third kappa shape index (κ3) is 7.40. The predicted octanol–water partition coefficient (Wildman–Crippen LogP) is 5.08. The van der Waals surface area contributed by atoms with Crippen molar-refractivity contribution in [3.8, 4) is 16.9 Å². The smallest absolute Gasteiger partial charge is 0.435 e. The Morgan fingerprint density at radius 3 is 2.08 bits per heavy atom. The minimum atomic E-state index is -4.74. The first-order valence-electron chi connectivity index (χ1n) is 15.4. The summed E-state index contributed by atoms with van der Waals surface area (Å²) in [5, 5.41) is 20.7. The molecule has 2 heterocycles. The van der Waals surface area contributed by atoms with E-state index >= 15 is 0 Å². The first kappa shape index (κ1) is 36.5. The molecule has 0 saturated heterocycles. The maximum Gasteiger partial charge on any atom is 0.435 e. The Hall–Kier alpha value is -5.78. The molecule has 0 radical (unpaired) electrons. The molecule has 1 aliphatic rings. The predicted molar refractivity (Wildman–Crippen MR) is 174 cm³/mol. The van der Waals surface area contributed by atoms with Gasteiger partial charge in [0, 0.05) is 5.56 Å². The molecule has 0 fully saturated rings. The number of fused-ring (bicyclic) bond motifs is 1. The molecule has 3 aromatic carbocycles. The largest absolute Gasteiger partial charge is 0.569 e. The van der Waals surface area contributed by atoms with Crippen LogP contribution in [0.15, 0.2) is 89.0 Å². The molecule has 0 aliphatic carbocycles. The number of sulfonamides is 1. The lowest BCUT2D eigenvalue weighted by Crippen LogP contribution is -2.52. The fourth-order valence-corrected chi connectivity index (χ4v) is 6.42. The van der Waals surface area contributed by atoms with Crippen LogP contribution in [0.5, 0.6) is 0 Å². The SMILES string of the molecule is Cc1ccc(-c2cc(C(F)(F)F)nn2-c2ccc(S(=O)(=O)NC(=O)[C@H](C(C)C)N(C)[N+]([O-])=NOC(C)N3C(=O)c4ccccc4C3=O)cc2)cc1. The minimum Gasteiger partial charge on any atom is -0.569 e. The number of halogens is 3. The molecule has 3 amide bonds. The Bertz CT molecular complexity index is 2080. The first-order valence-corrected chi connectivity index (χ1v) is 16.8. The summed E-state index contributed by atoms with van der Waals surface area (Å²) in [5.41, 5.74) is 0.737. The highest BCUT2D eigenvalue weighted by atomic mass is 32.2. The maximum absolute atomic E-state index is 13.6. The zero-order valence-corrected chi connectivity index (χ0v) is 28.6. The highest BCUT2D eigenvalue weighted by Gasteiger charge is 2.40. The number of imide groups is 1. The molecule has 1 aliphatic heterocycles. The van der Waals surface area contributed by atoms with Crippen LogP contribution < -0.4 is 4.72 Å². The third-order valence-corrected chi connectivity index (χ3v) is 9.37. The highest BCUT2D eigenvalue weighted by Crippen LogP contribution is 2.33. The van der Waals surface area contributed by atoms with Crippen LogP contribution in [-0.4, -0.2) is 70.1 Å². The molecule has 14 nitrogen and oxygen atoms in total. The maximum atomic E-state index is 13.6. The number of nitrogens with one attached hydrogen (secondary N) is 1. The lowest BCUT2D eigenvalue weighted by atomic mass is 10.0. The van der Waals surface area contributed by atoms with E-state index in [1.54, 1.807) is 50.2 Å². The number of likely N-dealkylation sites (N-methyl/N-ethyl adjacent to an activating group) is 1. The van der Waals surface area contributed by atoms with Crippen molar-refractivity contribution in [3.63, 3.8) is 0 Å². The number of amides is 3. The van der Waals surface area contributed by atoms with E-state index in [0.29, 0.717) is 5.56 Å². The molecule has 268 valence electrons. The highest BCUT2D eigenvalue weighted by molar-refractivity contribution is 7.90. The standard InChI is InChI=1S/C33H32F3N7O7S/c1-19(2)29(40(5)43(47)39-50-21(4)41-31(45)25-8-6-7-9-26(25)32(41)46)30(44)38-51(48,49)24-16-14-23(15-17-24)42-27(18-28(37-42)33(34,35)36)22-12-10-20(3)11-13-22/h6-19,21,29H,1-5H3,(H,38,44)/t21?,29-/m0/s1. The fourth-order valence-electron chi connectivity index (χ4n) is 5.43. The number of carbonyl (C=O) groups excluding carboxylic acids is 3. The second kappa shape index (κ2) is 13.9. The normalized spacial score (nSPS) is 14.8. The molecule has 0 saturated carbocycles. The van der Waals surface area contributed by atoms with Crippen molar-refractivity contribution >= 4 is 27.7 Å². The van der Waals surface area contributed by atoms with E-state index in [1.807, 2.05) is 11.6 Å². The molecular weight excluding hydrogens is 695 g/mol. The zero-order valence-electron chi connectivity index (χ0n) is 27.8. The van der Waals surface area contributed by atoms with Crippen LogP contribution >= 0.6 is 0 Å². The van der Waals surface area contributed by atoms with E-state index < -0.39 is 62.7 Å². The van der Waals surface area contributed by atoms with Crippen molar-refractivity contribution in [3.05, 3.63) is 106 Å². The number of hydrogen-bond donors (Lipinski definition) is 1. The molecule has 1 N–H and O–H groups in total. The van der Waals surface area contributed by atoms with E-state index in [9.17, 15) is 41.2 Å². The Morgan fingerprint density at radius 2 is 1.55 bits per heavy atom. The summed E-state index contributed by atoms with van der Waals surface area (Å²) in [6, 6.07) is 17.0. The Balaban J connectivity index is 1.31. The number of nitrogens with zero attached hydrogens (tertiary/aromatic N) is 6. The topological polar surface area (TPSA) is 169 Å². The van der Waals surface area contributed by atoms with E-state index in [1.165, 1.54) is 31.2 Å². The molecule has 18 heteroatoms. The van der Waals surface area contributed by atoms with Gasteiger partial charge in [-0.05, 0) is 62.2 Å². The average molecular weight is 728 g/mol. The summed E-state index contributed by atoms with van der Waals surface area (Å²) >= 11 is 0. The molecule has 2 atom stereocenters. The molecular formula is C33H32F3N7O7S. The van der Waals surface area contributed by atoms with Crippen LogP contribution in [0.4, 0.5) is 13.2 Å². The molecule has 0 bridgehead atoms. The molecule has 4 aromatic rings. The van der Waals surface area contributed by atoms with E-state index in [4.69, 9.17) is 4.84 Å². The number of aromatic nitrogens is 2. The van der Waals surface area contributed by atoms with Crippen LogP contribution in [0, 0.1) is 18.0 Å². The lowest BCUT2D eigenvalue weighted by Gasteiger charge is -2.26. The van der Waals surface area contributed by atoms with Crippen molar-refractivity contribution in [2.24, 2.45) is 11.2 Å². The molecule has 51 heavy (non-hydrogen) atoms. The number of benzene rings is 3. The summed E-state index contributed by atoms with van der Waals surface area (Å²) in [6.07, 6.45) is -6.06. The second-order valence-electron chi connectivity index (χ2n) is 12.0. The van der Waals surface area contributed by atoms with E-state index in [-0.39, 0.29) is 27.5 Å². The van der Waals surface area contributed by atoms with Gasteiger partial charge in [0.2, 0.25) is 11.5 Å². The number of hydrogen-bond acceptors (Lipinski definition) is 9. The second-order valence-corrected chi connectivity index (χ2v) is 13.7. The summed E-state index contributed by atoms with van der Waals surface area (Å²) in [5.74, 6) is -3.06. The van der Waals surface area contributed by atoms with E-state index in [2.05, 4.69) is 10.4 Å². The number of carbonyl (C=O) groups is 3. The van der Waals surface area contributed by atoms with Gasteiger partial charge in [0.1, 0.15) is 0 Å². The lowest BCUT2D eigenvalue weighted by molar-refractivity contribution is -0.712. The molecule has 5 rings (SSSR count). The monoisotopic (exact) mass is 727 g/mol. The fraction of sp³-hybridized carbons (Fsp3) is 0.273. The van der Waals surface area contributed by atoms with Gasteiger partial charge in [0.05, 0.1) is 39.4 Å². The van der Waals surface area contributed by atoms with E-state index in [0.717, 1.165) is 45.4 Å². The zero-order chi connectivity index (χ0) is 37.4. The minimum absolute atomic E-state index is 0.115. The van der Waals surface area contributed by atoms with Crippen molar-refractivity contribution in [2.75, 3.05) is 7.05 Å². The van der Waals surface area contributed by atoms with Gasteiger partial charge < -0.3 is 10.0 Å². The quantitative estimate of drug-likeness (QED) is 0.0959. The van der Waals surface area contributed by atoms with Crippen LogP contribution in [0.25, 0.3) is 16.9 Å². The summed E-state index contributed by atoms with van der Waals surface area (Å²) < 4.78 is 70.3. The van der Waals surface area contributed by atoms with Crippen LogP contribution in [0.2, 0.25) is 0 Å². The molecule has 1 aromatic heterocycles. The Labute approximate surface area is 290 Å². The number of alkyl halides is 3. The van der Waals surface area contributed by atoms with Crippen LogP contribution in [0.1, 0.15) is 52.7 Å². The number of hydrazine groups is 1. The molecule has 0 spiro atoms. The van der Waals surface area contributed by atoms with Crippen molar-refractivity contribution in [2.45, 2.75) is 51.0 Å². The summed E-state index contributed by atoms with van der Waals surface area (Å²) in [6.45, 7) is 6.23. The van der Waals surface area contributed by atoms with Gasteiger partial charge in [-0.1, -0.05) is 55.8 Å². The van der Waals surface area contributed by atoms with Gasteiger partial charge >= 0.3 is 6.18 Å². The first-order chi connectivity index (χ1) is 23.9. The molecule has 1 unspecified atom stereocenters. The van der Waals surface area contributed by atoms with Gasteiger partial charge in [-0.15, -0.1) is 5.01 Å². The van der Waals surface area contributed by atoms with Crippen LogP contribution in [0.3, 0.4) is 0 Å². The van der Waals surface area contributed by atoms with Crippen molar-refractivity contribution < 1.29 is 45.8 Å². The van der Waals surface area contributed by atoms with Gasteiger partial charge in [-0.2, -0.15) is 18.3 Å².